The smallest absolute Gasteiger partial charge is 0.323 e. The van der Waals surface area contributed by atoms with E-state index < -0.39 is 24.3 Å². The Hall–Kier alpha value is -4.24. The number of carboxylic acid groups (broad SMARTS) is 1. The lowest BCUT2D eigenvalue weighted by molar-refractivity contribution is -0.149. The maximum Gasteiger partial charge on any atom is 0.323 e. The number of nitriles is 1. The summed E-state index contributed by atoms with van der Waals surface area (Å²) in [5.74, 6) is -2.94. The van der Waals surface area contributed by atoms with Gasteiger partial charge >= 0.3 is 5.97 Å². The third-order valence-electron chi connectivity index (χ3n) is 5.22. The molecule has 30 heavy (non-hydrogen) atoms. The number of hydrogen-bond donors (Lipinski definition) is 1. The number of imide groups is 1. The van der Waals surface area contributed by atoms with Crippen molar-refractivity contribution in [1.29, 1.82) is 5.26 Å². The predicted molar refractivity (Wildman–Crippen MR) is 112 cm³/mol. The van der Waals surface area contributed by atoms with Crippen molar-refractivity contribution in [3.05, 3.63) is 76.9 Å². The highest BCUT2D eigenvalue weighted by Crippen LogP contribution is 2.33. The highest BCUT2D eigenvalue weighted by Gasteiger charge is 2.36. The molecule has 0 saturated heterocycles. The van der Waals surface area contributed by atoms with Crippen molar-refractivity contribution in [1.82, 2.24) is 4.90 Å². The van der Waals surface area contributed by atoms with E-state index in [1.807, 2.05) is 54.6 Å². The van der Waals surface area contributed by atoms with Crippen LogP contribution in [-0.2, 0) is 14.4 Å². The van der Waals surface area contributed by atoms with Crippen LogP contribution in [0, 0.1) is 11.3 Å². The van der Waals surface area contributed by atoms with Gasteiger partial charge in [-0.05, 0) is 51.7 Å². The van der Waals surface area contributed by atoms with Crippen LogP contribution in [0.15, 0.2) is 71.3 Å². The van der Waals surface area contributed by atoms with Gasteiger partial charge in [0.15, 0.2) is 0 Å². The Balaban J connectivity index is 2.04. The highest BCUT2D eigenvalue weighted by atomic mass is 16.4. The van der Waals surface area contributed by atoms with Crippen LogP contribution in [0.25, 0.3) is 27.6 Å². The minimum absolute atomic E-state index is 0.133. The first-order valence-corrected chi connectivity index (χ1v) is 9.24. The van der Waals surface area contributed by atoms with Crippen molar-refractivity contribution in [2.45, 2.75) is 6.92 Å². The lowest BCUT2D eigenvalue weighted by Crippen LogP contribution is -2.45. The van der Waals surface area contributed by atoms with Crippen LogP contribution in [-0.4, -0.2) is 34.3 Å². The van der Waals surface area contributed by atoms with E-state index in [9.17, 15) is 19.6 Å². The van der Waals surface area contributed by atoms with Gasteiger partial charge in [0, 0.05) is 5.57 Å². The highest BCUT2D eigenvalue weighted by molar-refractivity contribution is 6.21. The summed E-state index contributed by atoms with van der Waals surface area (Å²) >= 11 is 0. The van der Waals surface area contributed by atoms with Gasteiger partial charge in [-0.3, -0.25) is 19.3 Å². The van der Waals surface area contributed by atoms with E-state index >= 15 is 0 Å². The van der Waals surface area contributed by atoms with E-state index in [0.717, 1.165) is 27.1 Å². The Kier molecular flexibility index (Phi) is 4.65. The molecular formula is C24H16N2O4. The average Bonchev–Trinajstić information content (AvgIpc) is 2.73. The van der Waals surface area contributed by atoms with Crippen LogP contribution in [0.4, 0.5) is 0 Å². The largest absolute Gasteiger partial charge is 0.480 e. The first kappa shape index (κ1) is 19.1. The van der Waals surface area contributed by atoms with E-state index in [1.54, 1.807) is 6.08 Å². The molecule has 146 valence electrons. The summed E-state index contributed by atoms with van der Waals surface area (Å²) < 4.78 is 0. The fourth-order valence-electron chi connectivity index (χ4n) is 3.76. The third kappa shape index (κ3) is 3.03. The van der Waals surface area contributed by atoms with Crippen molar-refractivity contribution >= 4 is 45.4 Å². The van der Waals surface area contributed by atoms with Crippen molar-refractivity contribution in [3.63, 3.8) is 0 Å². The van der Waals surface area contributed by atoms with Crippen molar-refractivity contribution < 1.29 is 19.5 Å². The second kappa shape index (κ2) is 7.30. The fourth-order valence-corrected chi connectivity index (χ4v) is 3.76. The molecule has 6 nitrogen and oxygen atoms in total. The number of carbonyl (C=O) groups excluding carboxylic acids is 2. The van der Waals surface area contributed by atoms with E-state index in [4.69, 9.17) is 5.11 Å². The summed E-state index contributed by atoms with van der Waals surface area (Å²) in [6.45, 7) is 0.732. The Labute approximate surface area is 171 Å². The molecule has 4 rings (SSSR count). The molecule has 1 heterocycles. The molecule has 0 saturated carbocycles. The zero-order valence-electron chi connectivity index (χ0n) is 16.0. The van der Waals surface area contributed by atoms with Gasteiger partial charge in [-0.15, -0.1) is 0 Å². The van der Waals surface area contributed by atoms with Crippen LogP contribution in [0.5, 0.6) is 0 Å². The maximum absolute atomic E-state index is 13.0. The van der Waals surface area contributed by atoms with Gasteiger partial charge in [-0.1, -0.05) is 48.5 Å². The number of carbonyl (C=O) groups is 3. The fraction of sp³-hybridized carbons (Fsp3) is 0.0833. The summed E-state index contributed by atoms with van der Waals surface area (Å²) in [7, 11) is 0. The molecule has 1 aliphatic rings. The monoisotopic (exact) mass is 396 g/mol. The lowest BCUT2D eigenvalue weighted by Gasteiger charge is -2.26. The molecule has 0 radical (unpaired) electrons. The minimum atomic E-state index is -1.33. The average molecular weight is 396 g/mol. The first-order valence-electron chi connectivity index (χ1n) is 9.24. The zero-order chi connectivity index (χ0) is 21.4. The molecule has 1 N–H and O–H groups in total. The number of carboxylic acids is 1. The van der Waals surface area contributed by atoms with Crippen LogP contribution < -0.4 is 0 Å². The van der Waals surface area contributed by atoms with Crippen LogP contribution in [0.2, 0.25) is 0 Å². The first-order chi connectivity index (χ1) is 14.4. The van der Waals surface area contributed by atoms with Crippen LogP contribution >= 0.6 is 0 Å². The molecule has 0 aromatic heterocycles. The van der Waals surface area contributed by atoms with Crippen molar-refractivity contribution in [2.75, 3.05) is 6.54 Å². The van der Waals surface area contributed by atoms with Crippen LogP contribution in [0.3, 0.4) is 0 Å². The molecule has 0 atom stereocenters. The number of fused-ring (bicyclic) bond motifs is 2. The number of rotatable bonds is 3. The summed E-state index contributed by atoms with van der Waals surface area (Å²) in [6.07, 6.45) is 1.65. The van der Waals surface area contributed by atoms with Gasteiger partial charge in [0.25, 0.3) is 11.8 Å². The number of nitrogens with zero attached hydrogens (tertiary/aromatic N) is 2. The Morgan fingerprint density at radius 3 is 2.13 bits per heavy atom. The Bertz CT molecular complexity index is 1300. The van der Waals surface area contributed by atoms with Gasteiger partial charge < -0.3 is 5.11 Å². The van der Waals surface area contributed by atoms with E-state index in [0.29, 0.717) is 4.90 Å². The molecule has 0 unspecified atom stereocenters. The number of benzene rings is 3. The van der Waals surface area contributed by atoms with E-state index in [1.165, 1.54) is 6.92 Å². The van der Waals surface area contributed by atoms with Crippen molar-refractivity contribution in [2.24, 2.45) is 0 Å². The molecule has 0 bridgehead atoms. The summed E-state index contributed by atoms with van der Waals surface area (Å²) in [5, 5.41) is 22.3. The van der Waals surface area contributed by atoms with E-state index in [2.05, 4.69) is 6.07 Å². The van der Waals surface area contributed by atoms with E-state index in [-0.39, 0.29) is 16.7 Å². The number of amides is 2. The Morgan fingerprint density at radius 1 is 1.03 bits per heavy atom. The minimum Gasteiger partial charge on any atom is -0.480 e. The van der Waals surface area contributed by atoms with Crippen molar-refractivity contribution in [3.8, 4) is 6.07 Å². The number of aliphatic carboxylic acids is 1. The number of hydrogen-bond acceptors (Lipinski definition) is 4. The third-order valence-corrected chi connectivity index (χ3v) is 5.22. The standard InChI is InChI=1S/C24H16N2O4/c1-14-19(23(29)26(13-22(27)28)24(30)21(14)12-25)11-20-17-8-4-2-6-15(17)10-16-7-3-5-9-18(16)20/h2-11H,13H2,1H3,(H,27,28)/b19-11-. The lowest BCUT2D eigenvalue weighted by atomic mass is 9.90. The van der Waals surface area contributed by atoms with Gasteiger partial charge in [0.1, 0.15) is 18.2 Å². The summed E-state index contributed by atoms with van der Waals surface area (Å²) in [4.78, 5) is 37.3. The molecule has 0 aliphatic carbocycles. The molecular weight excluding hydrogens is 380 g/mol. The van der Waals surface area contributed by atoms with Gasteiger partial charge in [0.05, 0.1) is 0 Å². The maximum atomic E-state index is 13.0. The molecule has 3 aromatic carbocycles. The molecule has 0 spiro atoms. The topological polar surface area (TPSA) is 98.5 Å². The molecule has 2 amide bonds. The summed E-state index contributed by atoms with van der Waals surface area (Å²) in [5.41, 5.74) is 0.917. The summed E-state index contributed by atoms with van der Waals surface area (Å²) in [6, 6.07) is 19.3. The normalized spacial score (nSPS) is 15.9. The predicted octanol–water partition coefficient (Wildman–Crippen LogP) is 3.67. The zero-order valence-corrected chi connectivity index (χ0v) is 16.0. The van der Waals surface area contributed by atoms with Crippen LogP contribution in [0.1, 0.15) is 12.5 Å². The SMILES string of the molecule is CC1=C(C#N)C(=O)N(CC(=O)O)C(=O)/C1=C\c1c2ccccc2cc2ccccc12. The van der Waals surface area contributed by atoms with Gasteiger partial charge in [-0.2, -0.15) is 5.26 Å². The second-order valence-electron chi connectivity index (χ2n) is 6.99. The van der Waals surface area contributed by atoms with Gasteiger partial charge in [-0.25, -0.2) is 0 Å². The quantitative estimate of drug-likeness (QED) is 0.414. The second-order valence-corrected chi connectivity index (χ2v) is 6.99. The van der Waals surface area contributed by atoms with Gasteiger partial charge in [0.2, 0.25) is 0 Å². The molecule has 6 heteroatoms. The molecule has 0 fully saturated rings. The molecule has 3 aromatic rings. The molecule has 1 aliphatic heterocycles. The Morgan fingerprint density at radius 2 is 1.60 bits per heavy atom.